The maximum Gasteiger partial charge on any atom is 0.332 e. The van der Waals surface area contributed by atoms with Gasteiger partial charge < -0.3 is 11.5 Å². The summed E-state index contributed by atoms with van der Waals surface area (Å²) in [6, 6.07) is 16.4. The van der Waals surface area contributed by atoms with Gasteiger partial charge in [0.1, 0.15) is 11.4 Å². The van der Waals surface area contributed by atoms with Crippen LogP contribution in [0.4, 0.5) is 5.82 Å². The highest BCUT2D eigenvalue weighted by Gasteiger charge is 2.32. The number of nitrogens with two attached hydrogens (primary N) is 2. The molecule has 1 heterocycles. The van der Waals surface area contributed by atoms with Crippen LogP contribution in [-0.2, 0) is 20.1 Å². The number of hydrogen-bond acceptors (Lipinski definition) is 6. The maximum atomic E-state index is 13.3. The van der Waals surface area contributed by atoms with E-state index in [1.807, 2.05) is 35.2 Å². The summed E-state index contributed by atoms with van der Waals surface area (Å²) in [7, 11) is 1.35. The van der Waals surface area contributed by atoms with Crippen LogP contribution in [0.25, 0.3) is 0 Å². The number of benzene rings is 2. The summed E-state index contributed by atoms with van der Waals surface area (Å²) in [5.74, 6) is -1.05. The molecule has 176 valence electrons. The SMILES string of the molecule is Cn1c(=O)c(C(=O)CN(Cc2ccc(C(N)=O)cc2)C2CC2)c(N)n(Cc2ccccc2)c1=O. The number of rotatable bonds is 9. The van der Waals surface area contributed by atoms with Crippen LogP contribution in [0.1, 0.15) is 44.7 Å². The maximum absolute atomic E-state index is 13.3. The summed E-state index contributed by atoms with van der Waals surface area (Å²) in [6.07, 6.45) is 1.90. The number of nitrogens with zero attached hydrogens (tertiary/aromatic N) is 3. The summed E-state index contributed by atoms with van der Waals surface area (Å²) in [5.41, 5.74) is 12.3. The van der Waals surface area contributed by atoms with Crippen LogP contribution in [0, 0.1) is 0 Å². The van der Waals surface area contributed by atoms with E-state index in [1.165, 1.54) is 11.6 Å². The number of amides is 1. The van der Waals surface area contributed by atoms with Gasteiger partial charge in [0.15, 0.2) is 5.78 Å². The molecule has 1 aliphatic carbocycles. The number of carbonyl (C=O) groups excluding carboxylic acids is 2. The molecule has 0 bridgehead atoms. The highest BCUT2D eigenvalue weighted by atomic mass is 16.2. The lowest BCUT2D eigenvalue weighted by atomic mass is 10.1. The van der Waals surface area contributed by atoms with Gasteiger partial charge in [0.2, 0.25) is 5.91 Å². The highest BCUT2D eigenvalue weighted by molar-refractivity contribution is 6.01. The van der Waals surface area contributed by atoms with Crippen molar-refractivity contribution in [2.45, 2.75) is 32.0 Å². The monoisotopic (exact) mass is 461 g/mol. The van der Waals surface area contributed by atoms with Crippen LogP contribution in [-0.4, -0.2) is 38.3 Å². The van der Waals surface area contributed by atoms with E-state index in [9.17, 15) is 19.2 Å². The predicted octanol–water partition coefficient (Wildman–Crippen LogP) is 1.12. The minimum absolute atomic E-state index is 0.00871. The lowest BCUT2D eigenvalue weighted by Crippen LogP contribution is -2.44. The highest BCUT2D eigenvalue weighted by Crippen LogP contribution is 2.28. The van der Waals surface area contributed by atoms with Gasteiger partial charge in [0.05, 0.1) is 13.1 Å². The average molecular weight is 462 g/mol. The third kappa shape index (κ3) is 4.84. The van der Waals surface area contributed by atoms with Gasteiger partial charge in [-0.05, 0) is 36.1 Å². The van der Waals surface area contributed by atoms with Crippen molar-refractivity contribution < 1.29 is 9.59 Å². The summed E-state index contributed by atoms with van der Waals surface area (Å²) < 4.78 is 2.19. The first-order valence-corrected chi connectivity index (χ1v) is 11.1. The largest absolute Gasteiger partial charge is 0.384 e. The molecule has 4 rings (SSSR count). The van der Waals surface area contributed by atoms with Gasteiger partial charge >= 0.3 is 5.69 Å². The lowest BCUT2D eigenvalue weighted by Gasteiger charge is -2.22. The summed E-state index contributed by atoms with van der Waals surface area (Å²) in [4.78, 5) is 52.2. The fraction of sp³-hybridized carbons (Fsp3) is 0.280. The molecular weight excluding hydrogens is 434 g/mol. The fourth-order valence-electron chi connectivity index (χ4n) is 3.99. The number of carbonyl (C=O) groups is 2. The number of primary amides is 1. The van der Waals surface area contributed by atoms with Crippen molar-refractivity contribution in [1.82, 2.24) is 14.0 Å². The van der Waals surface area contributed by atoms with Crippen LogP contribution in [0.15, 0.2) is 64.2 Å². The quantitative estimate of drug-likeness (QED) is 0.459. The fourth-order valence-corrected chi connectivity index (χ4v) is 3.99. The first-order chi connectivity index (χ1) is 16.3. The minimum Gasteiger partial charge on any atom is -0.384 e. The van der Waals surface area contributed by atoms with Crippen LogP contribution in [0.3, 0.4) is 0 Å². The Morgan fingerprint density at radius 2 is 1.65 bits per heavy atom. The molecule has 0 spiro atoms. The Kier molecular flexibility index (Phi) is 6.47. The Morgan fingerprint density at radius 1 is 1.00 bits per heavy atom. The molecule has 2 aromatic carbocycles. The Morgan fingerprint density at radius 3 is 2.24 bits per heavy atom. The molecule has 0 radical (unpaired) electrons. The Bertz CT molecular complexity index is 1340. The second kappa shape index (κ2) is 9.48. The summed E-state index contributed by atoms with van der Waals surface area (Å²) in [5, 5.41) is 0. The third-order valence-corrected chi connectivity index (χ3v) is 6.08. The second-order valence-corrected chi connectivity index (χ2v) is 8.60. The normalized spacial score (nSPS) is 13.2. The zero-order valence-corrected chi connectivity index (χ0v) is 18.9. The van der Waals surface area contributed by atoms with E-state index in [0.717, 1.165) is 28.5 Å². The van der Waals surface area contributed by atoms with E-state index >= 15 is 0 Å². The smallest absolute Gasteiger partial charge is 0.332 e. The molecule has 4 N–H and O–H groups in total. The number of Topliss-reactive ketones (excluding diaryl/α,β-unsaturated/α-hetero) is 1. The molecule has 9 heteroatoms. The van der Waals surface area contributed by atoms with Gasteiger partial charge in [-0.25, -0.2) is 4.79 Å². The van der Waals surface area contributed by atoms with Crippen molar-refractivity contribution in [3.8, 4) is 0 Å². The predicted molar refractivity (Wildman–Crippen MR) is 129 cm³/mol. The topological polar surface area (TPSA) is 133 Å². The third-order valence-electron chi connectivity index (χ3n) is 6.08. The first kappa shape index (κ1) is 23.2. The van der Waals surface area contributed by atoms with E-state index < -0.39 is 22.9 Å². The number of anilines is 1. The van der Waals surface area contributed by atoms with E-state index in [-0.39, 0.29) is 30.5 Å². The van der Waals surface area contributed by atoms with Gasteiger partial charge in [0, 0.05) is 25.2 Å². The first-order valence-electron chi connectivity index (χ1n) is 11.1. The molecule has 1 saturated carbocycles. The van der Waals surface area contributed by atoms with Crippen LogP contribution < -0.4 is 22.7 Å². The average Bonchev–Trinajstić information content (AvgIpc) is 3.67. The van der Waals surface area contributed by atoms with E-state index in [2.05, 4.69) is 0 Å². The number of aromatic nitrogens is 2. The minimum atomic E-state index is -0.696. The molecule has 3 aromatic rings. The molecule has 9 nitrogen and oxygen atoms in total. The van der Waals surface area contributed by atoms with Crippen LogP contribution >= 0.6 is 0 Å². The van der Waals surface area contributed by atoms with Crippen molar-refractivity contribution in [2.75, 3.05) is 12.3 Å². The lowest BCUT2D eigenvalue weighted by molar-refractivity contribution is 0.0916. The molecule has 0 atom stereocenters. The molecule has 1 amide bonds. The number of ketones is 1. The Hall–Kier alpha value is -3.98. The number of hydrogen-bond donors (Lipinski definition) is 2. The van der Waals surface area contributed by atoms with Crippen LogP contribution in [0.5, 0.6) is 0 Å². The second-order valence-electron chi connectivity index (χ2n) is 8.60. The summed E-state index contributed by atoms with van der Waals surface area (Å²) >= 11 is 0. The van der Waals surface area contributed by atoms with Crippen molar-refractivity contribution in [1.29, 1.82) is 0 Å². The van der Waals surface area contributed by atoms with Gasteiger partial charge in [-0.1, -0.05) is 42.5 Å². The molecule has 34 heavy (non-hydrogen) atoms. The molecule has 1 aromatic heterocycles. The zero-order chi connectivity index (χ0) is 24.4. The standard InChI is InChI=1S/C25H27N5O4/c1-28-24(33)21(22(26)30(25(28)34)14-16-5-3-2-4-6-16)20(31)15-29(19-11-12-19)13-17-7-9-18(10-8-17)23(27)32/h2-10,19H,11-15,26H2,1H3,(H2,27,32). The molecule has 1 aliphatic rings. The molecule has 0 saturated heterocycles. The van der Waals surface area contributed by atoms with Crippen molar-refractivity contribution in [3.05, 3.63) is 97.7 Å². The van der Waals surface area contributed by atoms with Crippen molar-refractivity contribution >= 4 is 17.5 Å². The van der Waals surface area contributed by atoms with Gasteiger partial charge in [-0.2, -0.15) is 0 Å². The van der Waals surface area contributed by atoms with Gasteiger partial charge in [-0.15, -0.1) is 0 Å². The van der Waals surface area contributed by atoms with Gasteiger partial charge in [-0.3, -0.25) is 28.4 Å². The molecule has 1 fully saturated rings. The van der Waals surface area contributed by atoms with E-state index in [0.29, 0.717) is 12.1 Å². The molecular formula is C25H27N5O4. The van der Waals surface area contributed by atoms with Crippen molar-refractivity contribution in [2.24, 2.45) is 12.8 Å². The van der Waals surface area contributed by atoms with Gasteiger partial charge in [0.25, 0.3) is 5.56 Å². The Labute approximate surface area is 196 Å². The molecule has 0 unspecified atom stereocenters. The van der Waals surface area contributed by atoms with Crippen LogP contribution in [0.2, 0.25) is 0 Å². The number of nitrogen functional groups attached to an aromatic ring is 1. The zero-order valence-electron chi connectivity index (χ0n) is 18.9. The summed E-state index contributed by atoms with van der Waals surface area (Å²) in [6.45, 7) is 0.614. The van der Waals surface area contributed by atoms with E-state index in [1.54, 1.807) is 24.3 Å². The molecule has 0 aliphatic heterocycles. The Balaban J connectivity index is 1.61. The van der Waals surface area contributed by atoms with Crippen molar-refractivity contribution in [3.63, 3.8) is 0 Å². The van der Waals surface area contributed by atoms with E-state index in [4.69, 9.17) is 11.5 Å².